The lowest BCUT2D eigenvalue weighted by molar-refractivity contribution is -0.138. The van der Waals surface area contributed by atoms with E-state index in [9.17, 15) is 9.59 Å². The summed E-state index contributed by atoms with van der Waals surface area (Å²) in [6, 6.07) is 2.83. The van der Waals surface area contributed by atoms with Gasteiger partial charge in [0, 0.05) is 11.6 Å². The third-order valence-electron chi connectivity index (χ3n) is 3.14. The summed E-state index contributed by atoms with van der Waals surface area (Å²) in [5.41, 5.74) is 1.43. The molecule has 1 atom stereocenters. The average Bonchev–Trinajstić information content (AvgIpc) is 2.61. The van der Waals surface area contributed by atoms with E-state index in [-0.39, 0.29) is 18.2 Å². The Bertz CT molecular complexity index is 546. The predicted molar refractivity (Wildman–Crippen MR) is 75.6 cm³/mol. The van der Waals surface area contributed by atoms with Gasteiger partial charge in [-0.05, 0) is 31.5 Å². The number of benzene rings is 1. The highest BCUT2D eigenvalue weighted by atomic mass is 35.5. The number of halogens is 2. The van der Waals surface area contributed by atoms with Crippen LogP contribution in [0.4, 0.5) is 5.69 Å². The van der Waals surface area contributed by atoms with Crippen molar-refractivity contribution < 1.29 is 9.59 Å². The minimum Gasteiger partial charge on any atom is -0.372 e. The summed E-state index contributed by atoms with van der Waals surface area (Å²) < 4.78 is 0. The summed E-state index contributed by atoms with van der Waals surface area (Å²) in [7, 11) is 0. The maximum absolute atomic E-state index is 12.0. The zero-order valence-electron chi connectivity index (χ0n) is 10.7. The largest absolute Gasteiger partial charge is 0.372 e. The summed E-state index contributed by atoms with van der Waals surface area (Å²) in [6.07, 6.45) is 0.147. The quantitative estimate of drug-likeness (QED) is 0.873. The fourth-order valence-electron chi connectivity index (χ4n) is 2.07. The Balaban J connectivity index is 2.21. The Kier molecular flexibility index (Phi) is 4.02. The van der Waals surface area contributed by atoms with E-state index in [4.69, 9.17) is 23.2 Å². The summed E-state index contributed by atoms with van der Waals surface area (Å²) >= 11 is 12.1. The van der Waals surface area contributed by atoms with Gasteiger partial charge in [0.2, 0.25) is 5.91 Å². The summed E-state index contributed by atoms with van der Waals surface area (Å²) in [4.78, 5) is 24.8. The molecular weight excluding hydrogens is 287 g/mol. The molecule has 0 saturated carbocycles. The lowest BCUT2D eigenvalue weighted by atomic mass is 10.2. The van der Waals surface area contributed by atoms with Gasteiger partial charge in [0.05, 0.1) is 17.1 Å². The minimum absolute atomic E-state index is 0.147. The zero-order valence-corrected chi connectivity index (χ0v) is 12.2. The normalized spacial score (nSPS) is 19.2. The topological polar surface area (TPSA) is 49.4 Å². The lowest BCUT2D eigenvalue weighted by Gasteiger charge is -2.15. The average molecular weight is 301 g/mol. The van der Waals surface area contributed by atoms with Crippen molar-refractivity contribution >= 4 is 40.7 Å². The maximum atomic E-state index is 12.0. The van der Waals surface area contributed by atoms with E-state index in [1.54, 1.807) is 19.1 Å². The van der Waals surface area contributed by atoms with Crippen LogP contribution in [-0.4, -0.2) is 29.3 Å². The molecule has 1 aliphatic heterocycles. The van der Waals surface area contributed by atoms with Gasteiger partial charge < -0.3 is 5.32 Å². The first-order valence-electron chi connectivity index (χ1n) is 6.00. The molecule has 1 unspecified atom stereocenters. The van der Waals surface area contributed by atoms with Gasteiger partial charge in [0.1, 0.15) is 6.04 Å². The highest BCUT2D eigenvalue weighted by molar-refractivity contribution is 6.35. The van der Waals surface area contributed by atoms with Crippen molar-refractivity contribution in [3.8, 4) is 0 Å². The molecule has 4 nitrogen and oxygen atoms in total. The molecule has 1 saturated heterocycles. The van der Waals surface area contributed by atoms with Crippen molar-refractivity contribution in [2.75, 3.05) is 11.9 Å². The molecule has 1 fully saturated rings. The number of likely N-dealkylation sites (N-methyl/N-ethyl adjacent to an activating group) is 1. The van der Waals surface area contributed by atoms with E-state index >= 15 is 0 Å². The summed E-state index contributed by atoms with van der Waals surface area (Å²) in [5, 5.41) is 4.04. The number of carbonyl (C=O) groups is 2. The first kappa shape index (κ1) is 14.2. The fraction of sp³-hybridized carbons (Fsp3) is 0.385. The van der Waals surface area contributed by atoms with E-state index in [0.717, 1.165) is 5.56 Å². The molecule has 1 aromatic carbocycles. The van der Waals surface area contributed by atoms with Gasteiger partial charge in [-0.25, -0.2) is 0 Å². The maximum Gasteiger partial charge on any atom is 0.252 e. The third-order valence-corrected chi connectivity index (χ3v) is 3.86. The predicted octanol–water partition coefficient (Wildman–Crippen LogP) is 2.86. The lowest BCUT2D eigenvalue weighted by Crippen LogP contribution is -2.34. The Morgan fingerprint density at radius 3 is 2.58 bits per heavy atom. The van der Waals surface area contributed by atoms with Gasteiger partial charge in [-0.15, -0.1) is 0 Å². The molecule has 0 bridgehead atoms. The molecule has 1 aromatic rings. The fourth-order valence-corrected chi connectivity index (χ4v) is 2.51. The van der Waals surface area contributed by atoms with Crippen LogP contribution in [0.3, 0.4) is 0 Å². The second kappa shape index (κ2) is 5.39. The van der Waals surface area contributed by atoms with Gasteiger partial charge in [-0.2, -0.15) is 0 Å². The van der Waals surface area contributed by atoms with Crippen molar-refractivity contribution in [1.29, 1.82) is 0 Å². The van der Waals surface area contributed by atoms with Gasteiger partial charge >= 0.3 is 0 Å². The van der Waals surface area contributed by atoms with Crippen molar-refractivity contribution in [3.63, 3.8) is 0 Å². The number of nitrogens with one attached hydrogen (secondary N) is 1. The van der Waals surface area contributed by atoms with Gasteiger partial charge in [-0.1, -0.05) is 23.2 Å². The standard InChI is InChI=1S/C13H14Cl2N2O2/c1-3-17-12(18)6-11(13(17)19)16-10-5-8(14)7(2)4-9(10)15/h4-5,11,16H,3,6H2,1-2H3. The molecule has 1 aliphatic rings. The molecule has 102 valence electrons. The number of hydrogen-bond donors (Lipinski definition) is 1. The Labute approximate surface area is 121 Å². The van der Waals surface area contributed by atoms with Crippen LogP contribution in [0.2, 0.25) is 10.0 Å². The van der Waals surface area contributed by atoms with Crippen molar-refractivity contribution in [3.05, 3.63) is 27.7 Å². The van der Waals surface area contributed by atoms with E-state index < -0.39 is 6.04 Å². The van der Waals surface area contributed by atoms with Crippen LogP contribution >= 0.6 is 23.2 Å². The number of hydrogen-bond acceptors (Lipinski definition) is 3. The van der Waals surface area contributed by atoms with Gasteiger partial charge in [0.15, 0.2) is 0 Å². The number of likely N-dealkylation sites (tertiary alicyclic amines) is 1. The van der Waals surface area contributed by atoms with Crippen LogP contribution in [0.25, 0.3) is 0 Å². The van der Waals surface area contributed by atoms with Crippen LogP contribution in [0.5, 0.6) is 0 Å². The molecule has 1 heterocycles. The van der Waals surface area contributed by atoms with Gasteiger partial charge in [-0.3, -0.25) is 14.5 Å². The van der Waals surface area contributed by atoms with Crippen molar-refractivity contribution in [2.45, 2.75) is 26.3 Å². The molecular formula is C13H14Cl2N2O2. The Morgan fingerprint density at radius 2 is 2.00 bits per heavy atom. The third kappa shape index (κ3) is 2.69. The van der Waals surface area contributed by atoms with Gasteiger partial charge in [0.25, 0.3) is 5.91 Å². The van der Waals surface area contributed by atoms with Crippen LogP contribution in [-0.2, 0) is 9.59 Å². The van der Waals surface area contributed by atoms with Crippen LogP contribution in [0.1, 0.15) is 18.9 Å². The zero-order chi connectivity index (χ0) is 14.2. The second-order valence-electron chi connectivity index (χ2n) is 4.46. The van der Waals surface area contributed by atoms with Crippen LogP contribution < -0.4 is 5.32 Å². The molecule has 0 aromatic heterocycles. The first-order chi connectivity index (χ1) is 8.93. The number of carbonyl (C=O) groups excluding carboxylic acids is 2. The number of imide groups is 1. The number of rotatable bonds is 3. The highest BCUT2D eigenvalue weighted by Crippen LogP contribution is 2.30. The number of nitrogens with zero attached hydrogens (tertiary/aromatic N) is 1. The minimum atomic E-state index is -0.566. The first-order valence-corrected chi connectivity index (χ1v) is 6.76. The molecule has 0 radical (unpaired) electrons. The molecule has 2 rings (SSSR count). The Hall–Kier alpha value is -1.26. The molecule has 19 heavy (non-hydrogen) atoms. The second-order valence-corrected chi connectivity index (χ2v) is 5.27. The number of amides is 2. The van der Waals surface area contributed by atoms with E-state index in [2.05, 4.69) is 5.32 Å². The number of anilines is 1. The summed E-state index contributed by atoms with van der Waals surface area (Å²) in [5.74, 6) is -0.389. The van der Waals surface area contributed by atoms with E-state index in [1.807, 2.05) is 6.92 Å². The number of aryl methyl sites for hydroxylation is 1. The molecule has 2 amide bonds. The molecule has 1 N–H and O–H groups in total. The van der Waals surface area contributed by atoms with Crippen LogP contribution in [0.15, 0.2) is 12.1 Å². The van der Waals surface area contributed by atoms with Crippen molar-refractivity contribution in [2.24, 2.45) is 0 Å². The van der Waals surface area contributed by atoms with Crippen molar-refractivity contribution in [1.82, 2.24) is 4.90 Å². The summed E-state index contributed by atoms with van der Waals surface area (Å²) in [6.45, 7) is 4.01. The van der Waals surface area contributed by atoms with E-state index in [1.165, 1.54) is 4.90 Å². The Morgan fingerprint density at radius 1 is 1.32 bits per heavy atom. The molecule has 0 aliphatic carbocycles. The molecule has 0 spiro atoms. The highest BCUT2D eigenvalue weighted by Gasteiger charge is 2.37. The monoisotopic (exact) mass is 300 g/mol. The SMILES string of the molecule is CCN1C(=O)CC(Nc2cc(Cl)c(C)cc2Cl)C1=O. The van der Waals surface area contributed by atoms with E-state index in [0.29, 0.717) is 22.3 Å². The van der Waals surface area contributed by atoms with Crippen LogP contribution in [0, 0.1) is 6.92 Å². The molecule has 6 heteroatoms. The smallest absolute Gasteiger partial charge is 0.252 e.